The highest BCUT2D eigenvalue weighted by Gasteiger charge is 2.55. The summed E-state index contributed by atoms with van der Waals surface area (Å²) in [6, 6.07) is 58.4. The minimum atomic E-state index is -1.44. The lowest BCUT2D eigenvalue weighted by Gasteiger charge is -2.49. The number of benzene rings is 6. The largest absolute Gasteiger partial charge is 0.457 e. The van der Waals surface area contributed by atoms with Crippen molar-refractivity contribution in [1.82, 2.24) is 0 Å². The molecule has 2 saturated heterocycles. The van der Waals surface area contributed by atoms with Gasteiger partial charge in [0, 0.05) is 6.92 Å². The van der Waals surface area contributed by atoms with Crippen molar-refractivity contribution >= 4 is 5.97 Å². The van der Waals surface area contributed by atoms with Gasteiger partial charge in [0.05, 0.1) is 52.9 Å². The minimum Gasteiger partial charge on any atom is -0.457 e. The van der Waals surface area contributed by atoms with Gasteiger partial charge in [-0.1, -0.05) is 182 Å². The number of hydrogen-bond donors (Lipinski definition) is 1. The molecule has 0 bridgehead atoms. The summed E-state index contributed by atoms with van der Waals surface area (Å²) in [4.78, 5) is 13.2. The first-order valence-electron chi connectivity index (χ1n) is 23.1. The molecule has 0 radical (unpaired) electrons. The van der Waals surface area contributed by atoms with Gasteiger partial charge in [-0.3, -0.25) is 4.79 Å². The monoisotopic (exact) mass is 924 g/mol. The first-order valence-corrected chi connectivity index (χ1v) is 23.1. The van der Waals surface area contributed by atoms with Gasteiger partial charge < -0.3 is 52.5 Å². The first-order chi connectivity index (χ1) is 33.5. The van der Waals surface area contributed by atoms with E-state index in [4.69, 9.17) is 47.4 Å². The third kappa shape index (κ3) is 14.2. The molecular formula is C56H60O12. The smallest absolute Gasteiger partial charge is 0.303 e. The molecule has 0 spiro atoms. The molecule has 12 heteroatoms. The maximum absolute atomic E-state index is 13.2. The van der Waals surface area contributed by atoms with Crippen molar-refractivity contribution < 1.29 is 57.3 Å². The lowest BCUT2D eigenvalue weighted by Crippen LogP contribution is -2.66. The molecule has 10 atom stereocenters. The fourth-order valence-corrected chi connectivity index (χ4v) is 8.34. The van der Waals surface area contributed by atoms with Crippen LogP contribution in [0.15, 0.2) is 182 Å². The molecule has 12 nitrogen and oxygen atoms in total. The lowest BCUT2D eigenvalue weighted by atomic mass is 9.95. The highest BCUT2D eigenvalue weighted by molar-refractivity contribution is 5.66. The first kappa shape index (κ1) is 48.8. The van der Waals surface area contributed by atoms with Crippen molar-refractivity contribution in [2.75, 3.05) is 13.2 Å². The summed E-state index contributed by atoms with van der Waals surface area (Å²) in [5.74, 6) is -0.545. The Morgan fingerprint density at radius 1 is 0.412 bits per heavy atom. The van der Waals surface area contributed by atoms with Crippen LogP contribution in [-0.2, 0) is 91.8 Å². The summed E-state index contributed by atoms with van der Waals surface area (Å²) in [6.45, 7) is 2.55. The fraction of sp³-hybridized carbons (Fsp3) is 0.339. The summed E-state index contributed by atoms with van der Waals surface area (Å²) in [5, 5.41) is 11.9. The van der Waals surface area contributed by atoms with Crippen molar-refractivity contribution in [3.63, 3.8) is 0 Å². The van der Waals surface area contributed by atoms with Crippen molar-refractivity contribution in [2.24, 2.45) is 0 Å². The normalized spacial score (nSPS) is 24.9. The summed E-state index contributed by atoms with van der Waals surface area (Å²) in [6.07, 6.45) is -10.5. The third-order valence-electron chi connectivity index (χ3n) is 11.7. The van der Waals surface area contributed by atoms with Crippen molar-refractivity contribution in [3.05, 3.63) is 215 Å². The molecule has 0 amide bonds. The number of carbonyl (C=O) groups is 1. The highest BCUT2D eigenvalue weighted by Crippen LogP contribution is 2.36. The van der Waals surface area contributed by atoms with Gasteiger partial charge in [-0.2, -0.15) is 0 Å². The fourth-order valence-electron chi connectivity index (χ4n) is 8.34. The van der Waals surface area contributed by atoms with Crippen LogP contribution < -0.4 is 0 Å². The average Bonchev–Trinajstić information content (AvgIpc) is 3.37. The van der Waals surface area contributed by atoms with Crippen LogP contribution in [0.1, 0.15) is 40.3 Å². The minimum absolute atomic E-state index is 0.00468. The van der Waals surface area contributed by atoms with E-state index in [2.05, 4.69) is 0 Å². The van der Waals surface area contributed by atoms with E-state index in [0.717, 1.165) is 33.4 Å². The molecule has 2 aliphatic heterocycles. The Kier molecular flexibility index (Phi) is 18.4. The molecule has 0 aliphatic carbocycles. The van der Waals surface area contributed by atoms with Crippen molar-refractivity contribution in [3.8, 4) is 0 Å². The van der Waals surface area contributed by atoms with Gasteiger partial charge in [0.25, 0.3) is 0 Å². The summed E-state index contributed by atoms with van der Waals surface area (Å²) in [5.41, 5.74) is 5.49. The summed E-state index contributed by atoms with van der Waals surface area (Å²) >= 11 is 0. The zero-order chi connectivity index (χ0) is 46.8. The molecular weight excluding hydrogens is 865 g/mol. The third-order valence-corrected chi connectivity index (χ3v) is 11.7. The summed E-state index contributed by atoms with van der Waals surface area (Å²) in [7, 11) is 0. The molecule has 2 fully saturated rings. The number of aliphatic hydroxyl groups excluding tert-OH is 1. The second-order valence-electron chi connectivity index (χ2n) is 16.8. The number of hydrogen-bond acceptors (Lipinski definition) is 12. The maximum Gasteiger partial charge on any atom is 0.303 e. The Labute approximate surface area is 398 Å². The van der Waals surface area contributed by atoms with Gasteiger partial charge in [0.15, 0.2) is 18.7 Å². The van der Waals surface area contributed by atoms with Crippen LogP contribution in [0.5, 0.6) is 0 Å². The van der Waals surface area contributed by atoms with Gasteiger partial charge >= 0.3 is 5.97 Å². The van der Waals surface area contributed by atoms with E-state index in [-0.39, 0.29) is 52.9 Å². The Hall–Kier alpha value is -5.61. The van der Waals surface area contributed by atoms with Crippen molar-refractivity contribution in [2.45, 2.75) is 108 Å². The molecule has 356 valence electrons. The molecule has 8 rings (SSSR count). The molecule has 0 unspecified atom stereocenters. The molecule has 2 heterocycles. The molecule has 6 aromatic carbocycles. The van der Waals surface area contributed by atoms with Crippen LogP contribution in [0.4, 0.5) is 0 Å². The van der Waals surface area contributed by atoms with E-state index < -0.39 is 67.4 Å². The Bertz CT molecular complexity index is 2330. The zero-order valence-electron chi connectivity index (χ0n) is 38.2. The molecule has 2 aliphatic rings. The van der Waals surface area contributed by atoms with E-state index in [1.165, 1.54) is 6.92 Å². The number of aliphatic hydroxyl groups is 1. The zero-order valence-corrected chi connectivity index (χ0v) is 38.2. The molecule has 6 aromatic rings. The number of rotatable bonds is 23. The molecule has 1 N–H and O–H groups in total. The van der Waals surface area contributed by atoms with Gasteiger partial charge in [0.2, 0.25) is 0 Å². The van der Waals surface area contributed by atoms with Crippen LogP contribution in [0.3, 0.4) is 0 Å². The van der Waals surface area contributed by atoms with E-state index in [1.54, 1.807) is 0 Å². The average molecular weight is 925 g/mol. The second kappa shape index (κ2) is 25.7. The molecule has 0 saturated carbocycles. The molecule has 68 heavy (non-hydrogen) atoms. The van der Waals surface area contributed by atoms with Crippen LogP contribution in [0.25, 0.3) is 0 Å². The van der Waals surface area contributed by atoms with Crippen molar-refractivity contribution in [1.29, 1.82) is 0 Å². The number of ether oxygens (including phenoxy) is 10. The second-order valence-corrected chi connectivity index (χ2v) is 16.8. The van der Waals surface area contributed by atoms with Crippen LogP contribution in [-0.4, -0.2) is 85.7 Å². The van der Waals surface area contributed by atoms with Crippen LogP contribution in [0.2, 0.25) is 0 Å². The van der Waals surface area contributed by atoms with Gasteiger partial charge in [-0.15, -0.1) is 0 Å². The van der Waals surface area contributed by atoms with Gasteiger partial charge in [0.1, 0.15) is 42.7 Å². The van der Waals surface area contributed by atoms with E-state index >= 15 is 0 Å². The Morgan fingerprint density at radius 2 is 0.750 bits per heavy atom. The predicted molar refractivity (Wildman–Crippen MR) is 252 cm³/mol. The topological polar surface area (TPSA) is 130 Å². The predicted octanol–water partition coefficient (Wildman–Crippen LogP) is 8.52. The number of carbonyl (C=O) groups excluding carboxylic acids is 1. The van der Waals surface area contributed by atoms with Crippen LogP contribution >= 0.6 is 0 Å². The SMILES string of the molecule is CC(=O)O[C@H]1[C@@H](OCc2ccccc2)[C@@H](COCc2ccccc2)O[C@@H](O[C@H]2[C@H](OCc3ccccc3)[C@@H](OCc3ccccc3)[C@@H](O)O[C@@H]2COCc2ccccc2)[C@@H]1OCc1ccccc1. The quantitative estimate of drug-likeness (QED) is 0.0619. The highest BCUT2D eigenvalue weighted by atomic mass is 16.8. The van der Waals surface area contributed by atoms with E-state index in [1.807, 2.05) is 182 Å². The van der Waals surface area contributed by atoms with Crippen LogP contribution in [0, 0.1) is 0 Å². The van der Waals surface area contributed by atoms with Gasteiger partial charge in [-0.05, 0) is 33.4 Å². The number of esters is 1. The standard InChI is InChI=1S/C56H60O12/c1-40(57)65-52-49(61-34-43-24-12-4-13-25-43)47(38-59-32-41-20-8-2-9-21-41)67-56(54(52)64-37-46-30-18-7-19-31-46)68-50-48(39-60-33-42-22-10-3-11-23-42)66-55(58)53(63-36-45-28-16-6-17-29-45)51(50)62-35-44-26-14-5-15-27-44/h2-31,47-56,58H,32-39H2,1H3/t47-,48-,49+,50-,51+,52+,53-,54-,55+,56+/m1/s1. The van der Waals surface area contributed by atoms with E-state index in [9.17, 15) is 9.90 Å². The molecule has 0 aromatic heterocycles. The van der Waals surface area contributed by atoms with Gasteiger partial charge in [-0.25, -0.2) is 0 Å². The lowest BCUT2D eigenvalue weighted by molar-refractivity contribution is -0.371. The van der Waals surface area contributed by atoms with E-state index in [0.29, 0.717) is 0 Å². The maximum atomic E-state index is 13.2. The Balaban J connectivity index is 1.16. The Morgan fingerprint density at radius 3 is 1.15 bits per heavy atom. The summed E-state index contributed by atoms with van der Waals surface area (Å²) < 4.78 is 66.5.